The summed E-state index contributed by atoms with van der Waals surface area (Å²) in [5.74, 6) is -0.173. The van der Waals surface area contributed by atoms with Crippen molar-refractivity contribution in [1.29, 1.82) is 0 Å². The lowest BCUT2D eigenvalue weighted by Gasteiger charge is -2.11. The van der Waals surface area contributed by atoms with E-state index in [-0.39, 0.29) is 5.56 Å². The van der Waals surface area contributed by atoms with Gasteiger partial charge < -0.3 is 9.84 Å². The summed E-state index contributed by atoms with van der Waals surface area (Å²) in [5, 5.41) is 11.6. The number of Topliss-reactive ketones (excluding diaryl/α,β-unsaturated/α-hetero) is 1. The van der Waals surface area contributed by atoms with Crippen LogP contribution < -0.4 is 4.74 Å². The van der Waals surface area contributed by atoms with Crippen LogP contribution in [0.3, 0.4) is 0 Å². The van der Waals surface area contributed by atoms with Crippen molar-refractivity contribution in [2.75, 3.05) is 0 Å². The van der Waals surface area contributed by atoms with Gasteiger partial charge in [0.05, 0.1) is 0 Å². The molecule has 0 aliphatic rings. The molecular weight excluding hydrogens is 380 g/mol. The highest BCUT2D eigenvalue weighted by Gasteiger charge is 2.29. The Kier molecular flexibility index (Phi) is 4.97. The number of aliphatic hydroxyl groups excluding tert-OH is 1. The van der Waals surface area contributed by atoms with Gasteiger partial charge in [0.15, 0.2) is 0 Å². The van der Waals surface area contributed by atoms with E-state index in [1.807, 2.05) is 24.3 Å². The normalized spacial score (nSPS) is 12.7. The zero-order valence-electron chi connectivity index (χ0n) is 13.2. The Morgan fingerprint density at radius 3 is 2.19 bits per heavy atom. The topological polar surface area (TPSA) is 101 Å². The van der Waals surface area contributed by atoms with E-state index in [1.165, 1.54) is 24.3 Å². The molecule has 1 atom stereocenters. The maximum Gasteiger partial charge on any atom is 0.299 e. The number of rotatable bonds is 5. The van der Waals surface area contributed by atoms with Crippen LogP contribution in [0.5, 0.6) is 11.5 Å². The van der Waals surface area contributed by atoms with E-state index < -0.39 is 21.3 Å². The van der Waals surface area contributed by atoms with Crippen molar-refractivity contribution in [2.45, 2.75) is 5.44 Å². The monoisotopic (exact) mass is 392 g/mol. The number of aliphatic hydroxyl groups is 1. The van der Waals surface area contributed by atoms with Crippen LogP contribution in [-0.4, -0.2) is 29.3 Å². The molecule has 1 unspecified atom stereocenters. The van der Waals surface area contributed by atoms with Gasteiger partial charge in [-0.2, -0.15) is 8.42 Å². The molecule has 3 aromatic carbocycles. The van der Waals surface area contributed by atoms with E-state index in [0.29, 0.717) is 16.5 Å². The summed E-state index contributed by atoms with van der Waals surface area (Å²) < 4.78 is 36.3. The average molecular weight is 393 g/mol. The first-order valence-corrected chi connectivity index (χ1v) is 9.29. The lowest BCUT2D eigenvalue weighted by molar-refractivity contribution is 0.0848. The van der Waals surface area contributed by atoms with Crippen molar-refractivity contribution in [2.24, 2.45) is 0 Å². The molecule has 0 saturated heterocycles. The number of ether oxygens (including phenoxy) is 1. The SMILES string of the molecule is O=C(c1ccc(Oc2ccc(Cl)c3ccccc23)cc1)C(O)S(=O)(=O)O. The van der Waals surface area contributed by atoms with Crippen molar-refractivity contribution < 1.29 is 27.6 Å². The summed E-state index contributed by atoms with van der Waals surface area (Å²) >= 11 is 6.17. The van der Waals surface area contributed by atoms with Crippen LogP contribution in [0.4, 0.5) is 0 Å². The molecule has 26 heavy (non-hydrogen) atoms. The van der Waals surface area contributed by atoms with Crippen LogP contribution in [0.1, 0.15) is 10.4 Å². The first kappa shape index (κ1) is 18.3. The van der Waals surface area contributed by atoms with E-state index in [2.05, 4.69) is 0 Å². The third-order valence-electron chi connectivity index (χ3n) is 3.70. The molecule has 8 heteroatoms. The fourth-order valence-corrected chi connectivity index (χ4v) is 3.05. The molecule has 0 fully saturated rings. The van der Waals surface area contributed by atoms with Crippen LogP contribution in [0.15, 0.2) is 60.7 Å². The number of ketones is 1. The van der Waals surface area contributed by atoms with Crippen LogP contribution in [-0.2, 0) is 10.1 Å². The molecule has 0 spiro atoms. The molecule has 3 aromatic rings. The molecule has 2 N–H and O–H groups in total. The van der Waals surface area contributed by atoms with Crippen molar-refractivity contribution in [3.05, 3.63) is 71.2 Å². The number of hydrogen-bond donors (Lipinski definition) is 2. The first-order valence-electron chi connectivity index (χ1n) is 7.41. The zero-order chi connectivity index (χ0) is 18.9. The minimum atomic E-state index is -4.88. The molecule has 0 aromatic heterocycles. The van der Waals surface area contributed by atoms with Crippen LogP contribution in [0.2, 0.25) is 5.02 Å². The Bertz CT molecular complexity index is 1080. The lowest BCUT2D eigenvalue weighted by atomic mass is 10.1. The number of halogens is 1. The highest BCUT2D eigenvalue weighted by atomic mass is 35.5. The molecule has 0 aliphatic carbocycles. The van der Waals surface area contributed by atoms with Crippen molar-refractivity contribution >= 4 is 38.3 Å². The van der Waals surface area contributed by atoms with E-state index >= 15 is 0 Å². The second-order valence-corrected chi connectivity index (χ2v) is 7.33. The number of hydrogen-bond acceptors (Lipinski definition) is 5. The minimum absolute atomic E-state index is 0.0801. The number of carbonyl (C=O) groups is 1. The van der Waals surface area contributed by atoms with Gasteiger partial charge in [0.25, 0.3) is 10.1 Å². The molecule has 0 bridgehead atoms. The fraction of sp³-hybridized carbons (Fsp3) is 0.0556. The molecule has 6 nitrogen and oxygen atoms in total. The molecule has 0 heterocycles. The van der Waals surface area contributed by atoms with E-state index in [9.17, 15) is 18.3 Å². The number of benzene rings is 3. The highest BCUT2D eigenvalue weighted by molar-refractivity contribution is 7.87. The summed E-state index contributed by atoms with van der Waals surface area (Å²) in [6.07, 6.45) is 0. The predicted molar refractivity (Wildman–Crippen MR) is 97.4 cm³/mol. The van der Waals surface area contributed by atoms with E-state index in [4.69, 9.17) is 20.9 Å². The molecule has 3 rings (SSSR count). The number of fused-ring (bicyclic) bond motifs is 1. The predicted octanol–water partition coefficient (Wildman–Crippen LogP) is 3.67. The zero-order valence-corrected chi connectivity index (χ0v) is 14.7. The van der Waals surface area contributed by atoms with Crippen molar-refractivity contribution in [3.8, 4) is 11.5 Å². The van der Waals surface area contributed by atoms with Gasteiger partial charge in [-0.3, -0.25) is 9.35 Å². The smallest absolute Gasteiger partial charge is 0.299 e. The standard InChI is InChI=1S/C18H13ClO6S/c19-15-9-10-16(14-4-2-1-3-13(14)15)25-12-7-5-11(6-8-12)17(20)18(21)26(22,23)24/h1-10,18,21H,(H,22,23,24). The second kappa shape index (κ2) is 7.05. The third-order valence-corrected chi connectivity index (χ3v) is 4.81. The molecule has 0 saturated carbocycles. The molecular formula is C18H13ClO6S. The van der Waals surface area contributed by atoms with Gasteiger partial charge in [0.1, 0.15) is 11.5 Å². The van der Waals surface area contributed by atoms with Crippen molar-refractivity contribution in [1.82, 2.24) is 0 Å². The summed E-state index contributed by atoms with van der Waals surface area (Å²) in [6, 6.07) is 16.4. The largest absolute Gasteiger partial charge is 0.457 e. The van der Waals surface area contributed by atoms with Crippen LogP contribution in [0, 0.1) is 0 Å². The number of carbonyl (C=O) groups excluding carboxylic acids is 1. The van der Waals surface area contributed by atoms with Gasteiger partial charge >= 0.3 is 0 Å². The molecule has 0 radical (unpaired) electrons. The van der Waals surface area contributed by atoms with Gasteiger partial charge in [-0.15, -0.1) is 0 Å². The highest BCUT2D eigenvalue weighted by Crippen LogP contribution is 2.34. The molecule has 134 valence electrons. The Morgan fingerprint density at radius 1 is 0.962 bits per heavy atom. The van der Waals surface area contributed by atoms with E-state index in [0.717, 1.165) is 10.8 Å². The van der Waals surface area contributed by atoms with Gasteiger partial charge in [0.2, 0.25) is 11.2 Å². The van der Waals surface area contributed by atoms with Crippen LogP contribution in [0.25, 0.3) is 10.8 Å². The Balaban J connectivity index is 1.87. The van der Waals surface area contributed by atoms with Gasteiger partial charge in [-0.25, -0.2) is 0 Å². The first-order chi connectivity index (χ1) is 12.3. The Morgan fingerprint density at radius 2 is 1.58 bits per heavy atom. The van der Waals surface area contributed by atoms with E-state index in [1.54, 1.807) is 12.1 Å². The summed E-state index contributed by atoms with van der Waals surface area (Å²) in [5.41, 5.74) is -2.60. The van der Waals surface area contributed by atoms with Gasteiger partial charge in [0, 0.05) is 21.4 Å². The maximum atomic E-state index is 11.8. The Hall–Kier alpha value is -2.45. The van der Waals surface area contributed by atoms with Gasteiger partial charge in [-0.1, -0.05) is 35.9 Å². The summed E-state index contributed by atoms with van der Waals surface area (Å²) in [4.78, 5) is 11.8. The quantitative estimate of drug-likeness (QED) is 0.507. The van der Waals surface area contributed by atoms with Crippen molar-refractivity contribution in [3.63, 3.8) is 0 Å². The molecule has 0 amide bonds. The average Bonchev–Trinajstić information content (AvgIpc) is 2.63. The molecule has 0 aliphatic heterocycles. The minimum Gasteiger partial charge on any atom is -0.457 e. The lowest BCUT2D eigenvalue weighted by Crippen LogP contribution is -2.29. The van der Waals surface area contributed by atoms with Crippen LogP contribution >= 0.6 is 11.6 Å². The summed E-state index contributed by atoms with van der Waals surface area (Å²) in [6.45, 7) is 0. The third kappa shape index (κ3) is 3.71. The van der Waals surface area contributed by atoms with Gasteiger partial charge in [-0.05, 0) is 36.4 Å². The fourth-order valence-electron chi connectivity index (χ4n) is 2.42. The Labute approximate surface area is 154 Å². The maximum absolute atomic E-state index is 11.8. The second-order valence-electron chi connectivity index (χ2n) is 5.45. The summed E-state index contributed by atoms with van der Waals surface area (Å²) in [7, 11) is -4.88.